The number of rotatable bonds is 2. The zero-order valence-electron chi connectivity index (χ0n) is 20.6. The molecule has 5 nitrogen and oxygen atoms in total. The zero-order chi connectivity index (χ0) is 25.3. The summed E-state index contributed by atoms with van der Waals surface area (Å²) in [6, 6.07) is 17.0. The van der Waals surface area contributed by atoms with Gasteiger partial charge in [0.05, 0.1) is 28.5 Å². The topological polar surface area (TPSA) is 63.7 Å². The minimum atomic E-state index is -0.537. The van der Waals surface area contributed by atoms with E-state index in [2.05, 4.69) is 13.0 Å². The highest BCUT2D eigenvalue weighted by molar-refractivity contribution is 6.30. The summed E-state index contributed by atoms with van der Waals surface area (Å²) in [5.41, 5.74) is 1.77. The van der Waals surface area contributed by atoms with Crippen molar-refractivity contribution in [2.45, 2.75) is 44.3 Å². The van der Waals surface area contributed by atoms with Crippen LogP contribution in [0, 0.1) is 40.9 Å². The Kier molecular flexibility index (Phi) is 4.33. The number of allylic oxidation sites excluding steroid dienone is 1. The average molecular weight is 514 g/mol. The molecule has 3 saturated carbocycles. The van der Waals surface area contributed by atoms with Gasteiger partial charge in [0.1, 0.15) is 6.10 Å². The van der Waals surface area contributed by atoms with Gasteiger partial charge < -0.3 is 4.74 Å². The Morgan fingerprint density at radius 3 is 2.30 bits per heavy atom. The first-order valence-electron chi connectivity index (χ1n) is 13.5. The van der Waals surface area contributed by atoms with Crippen molar-refractivity contribution in [3.63, 3.8) is 0 Å². The molecule has 2 amide bonds. The first-order valence-corrected chi connectivity index (χ1v) is 13.9. The zero-order valence-corrected chi connectivity index (χ0v) is 21.4. The summed E-state index contributed by atoms with van der Waals surface area (Å²) in [5, 5.41) is 0.669. The first kappa shape index (κ1) is 22.2. The van der Waals surface area contributed by atoms with Gasteiger partial charge in [-0.1, -0.05) is 66.4 Å². The van der Waals surface area contributed by atoms with Crippen LogP contribution in [0.5, 0.6) is 0 Å². The van der Waals surface area contributed by atoms with Crippen LogP contribution in [-0.2, 0) is 19.1 Å². The molecule has 0 aromatic heterocycles. The van der Waals surface area contributed by atoms with Crippen LogP contribution in [0.3, 0.4) is 0 Å². The number of nitrogens with zero attached hydrogens (tertiary/aromatic N) is 1. The molecular weight excluding hydrogens is 486 g/mol. The molecule has 6 fully saturated rings. The number of halogens is 1. The van der Waals surface area contributed by atoms with E-state index in [4.69, 9.17) is 16.3 Å². The molecule has 1 spiro atoms. The molecule has 6 aliphatic rings. The number of anilines is 1. The quantitative estimate of drug-likeness (QED) is 0.510. The molecular formula is C31H28ClNO4. The Morgan fingerprint density at radius 2 is 1.57 bits per heavy atom. The Labute approximate surface area is 220 Å². The fourth-order valence-electron chi connectivity index (χ4n) is 9.55. The predicted molar refractivity (Wildman–Crippen MR) is 138 cm³/mol. The van der Waals surface area contributed by atoms with E-state index in [1.807, 2.05) is 54.6 Å². The molecule has 0 radical (unpaired) electrons. The van der Waals surface area contributed by atoms with Gasteiger partial charge in [0.25, 0.3) is 0 Å². The molecule has 3 saturated heterocycles. The number of ether oxygens (including phenoxy) is 1. The molecule has 188 valence electrons. The maximum atomic E-state index is 14.1. The summed E-state index contributed by atoms with van der Waals surface area (Å²) < 4.78 is 6.76. The number of hydrogen-bond acceptors (Lipinski definition) is 4. The molecule has 2 aromatic carbocycles. The molecule has 37 heavy (non-hydrogen) atoms. The second-order valence-electron chi connectivity index (χ2n) is 12.1. The average Bonchev–Trinajstić information content (AvgIpc) is 3.63. The van der Waals surface area contributed by atoms with Gasteiger partial charge in [-0.05, 0) is 61.4 Å². The van der Waals surface area contributed by atoms with Crippen LogP contribution >= 0.6 is 11.6 Å². The predicted octanol–water partition coefficient (Wildman–Crippen LogP) is 5.32. The number of para-hydroxylation sites is 1. The summed E-state index contributed by atoms with van der Waals surface area (Å²) in [4.78, 5) is 43.3. The van der Waals surface area contributed by atoms with E-state index < -0.39 is 29.0 Å². The number of carbonyl (C=O) groups is 3. The monoisotopic (exact) mass is 513 g/mol. The Hall–Kier alpha value is -2.76. The molecule has 6 heteroatoms. The van der Waals surface area contributed by atoms with Crippen LogP contribution < -0.4 is 4.90 Å². The van der Waals surface area contributed by atoms with Gasteiger partial charge in [0, 0.05) is 16.9 Å². The van der Waals surface area contributed by atoms with Crippen LogP contribution in [0.4, 0.5) is 5.69 Å². The third-order valence-electron chi connectivity index (χ3n) is 10.8. The van der Waals surface area contributed by atoms with E-state index in [9.17, 15) is 14.4 Å². The Bertz CT molecular complexity index is 1400. The van der Waals surface area contributed by atoms with Crippen molar-refractivity contribution in [3.8, 4) is 0 Å². The van der Waals surface area contributed by atoms with Gasteiger partial charge in [0.15, 0.2) is 5.78 Å². The highest BCUT2D eigenvalue weighted by Crippen LogP contribution is 2.77. The number of benzene rings is 2. The molecule has 8 rings (SSSR count). The number of hydrogen-bond donors (Lipinski definition) is 0. The number of amides is 2. The van der Waals surface area contributed by atoms with Crippen molar-refractivity contribution in [2.24, 2.45) is 40.9 Å². The fraction of sp³-hybridized carbons (Fsp3) is 0.452. The van der Waals surface area contributed by atoms with E-state index in [0.29, 0.717) is 10.7 Å². The van der Waals surface area contributed by atoms with Crippen molar-refractivity contribution >= 4 is 41.0 Å². The normalized spacial score (nSPS) is 44.1. The minimum absolute atomic E-state index is 0.0454. The van der Waals surface area contributed by atoms with Crippen LogP contribution in [0.15, 0.2) is 60.2 Å². The molecule has 3 heterocycles. The van der Waals surface area contributed by atoms with E-state index >= 15 is 0 Å². The lowest BCUT2D eigenvalue weighted by Gasteiger charge is -2.52. The van der Waals surface area contributed by atoms with Crippen molar-refractivity contribution in [2.75, 3.05) is 4.90 Å². The second-order valence-corrected chi connectivity index (χ2v) is 12.5. The number of ketones is 1. The molecule has 3 aliphatic heterocycles. The third kappa shape index (κ3) is 2.49. The summed E-state index contributed by atoms with van der Waals surface area (Å²) in [5.74, 6) is -1.09. The lowest BCUT2D eigenvalue weighted by Crippen LogP contribution is -2.60. The van der Waals surface area contributed by atoms with Crippen LogP contribution in [0.1, 0.15) is 38.2 Å². The van der Waals surface area contributed by atoms with E-state index in [-0.39, 0.29) is 41.3 Å². The van der Waals surface area contributed by atoms with E-state index in [0.717, 1.165) is 36.8 Å². The van der Waals surface area contributed by atoms with E-state index in [1.54, 1.807) is 0 Å². The van der Waals surface area contributed by atoms with Crippen LogP contribution in [0.25, 0.3) is 6.08 Å². The molecule has 9 atom stereocenters. The number of imide groups is 1. The van der Waals surface area contributed by atoms with Crippen LogP contribution in [0.2, 0.25) is 5.02 Å². The number of carbonyl (C=O) groups excluding carboxylic acids is 3. The van der Waals surface area contributed by atoms with Gasteiger partial charge >= 0.3 is 0 Å². The smallest absolute Gasteiger partial charge is 0.238 e. The molecule has 2 aromatic rings. The summed E-state index contributed by atoms with van der Waals surface area (Å²) >= 11 is 6.15. The van der Waals surface area contributed by atoms with Crippen molar-refractivity contribution < 1.29 is 19.1 Å². The lowest BCUT2D eigenvalue weighted by atomic mass is 9.48. The van der Waals surface area contributed by atoms with Gasteiger partial charge in [-0.3, -0.25) is 19.3 Å². The van der Waals surface area contributed by atoms with Gasteiger partial charge in [-0.25, -0.2) is 0 Å². The Morgan fingerprint density at radius 1 is 0.892 bits per heavy atom. The minimum Gasteiger partial charge on any atom is -0.362 e. The Balaban J connectivity index is 1.31. The van der Waals surface area contributed by atoms with E-state index in [1.165, 1.54) is 4.90 Å². The van der Waals surface area contributed by atoms with Crippen molar-refractivity contribution in [1.29, 1.82) is 0 Å². The summed E-state index contributed by atoms with van der Waals surface area (Å²) in [7, 11) is 0. The maximum Gasteiger partial charge on any atom is 0.238 e. The van der Waals surface area contributed by atoms with Crippen molar-refractivity contribution in [1.82, 2.24) is 0 Å². The summed E-state index contributed by atoms with van der Waals surface area (Å²) in [6.07, 6.45) is 5.46. The van der Waals surface area contributed by atoms with Gasteiger partial charge in [-0.15, -0.1) is 0 Å². The largest absolute Gasteiger partial charge is 0.362 e. The number of fused-ring (bicyclic) bond motifs is 10. The molecule has 3 aliphatic carbocycles. The first-order chi connectivity index (χ1) is 17.9. The van der Waals surface area contributed by atoms with Crippen LogP contribution in [-0.4, -0.2) is 29.3 Å². The van der Waals surface area contributed by atoms with Gasteiger partial charge in [-0.2, -0.15) is 0 Å². The second kappa shape index (κ2) is 7.21. The molecule has 4 bridgehead atoms. The third-order valence-corrected chi connectivity index (χ3v) is 11.1. The van der Waals surface area contributed by atoms with Crippen molar-refractivity contribution in [3.05, 3.63) is 70.8 Å². The SMILES string of the molecule is C[C@@]12CCCC[C@]13O[C@H](C2=O)[C@H]1[C@H]2/C(=C\c4ccc(Cl)cc4)[C@H]([C@H]4C(=O)N(c5ccccc5)C(=O)[C@H]42)[C@H]13. The highest BCUT2D eigenvalue weighted by atomic mass is 35.5. The molecule has 0 N–H and O–H groups in total. The highest BCUT2D eigenvalue weighted by Gasteiger charge is 2.84. The fourth-order valence-corrected chi connectivity index (χ4v) is 9.67. The van der Waals surface area contributed by atoms with Gasteiger partial charge in [0.2, 0.25) is 11.8 Å². The molecule has 0 unspecified atom stereocenters. The lowest BCUT2D eigenvalue weighted by molar-refractivity contribution is -0.146. The number of Topliss-reactive ketones (excluding diaryl/α,β-unsaturated/α-hetero) is 1. The maximum absolute atomic E-state index is 14.1. The summed E-state index contributed by atoms with van der Waals surface area (Å²) in [6.45, 7) is 2.11. The standard InChI is InChI=1S/C31H28ClNO4/c1-30-13-5-6-14-31(30)25-21-19(15-16-9-11-17(32)12-10-16)20(24(25)26(37-31)27(30)34)22-23(21)29(36)33(28(22)35)18-7-3-2-4-8-18/h2-4,7-12,15,20-26H,5-6,13-14H2,1H3/b19-15+/t20-,21+,22-,23+,24-,25+,26-,30-,31+/m0/s1.